The van der Waals surface area contributed by atoms with Gasteiger partial charge >= 0.3 is 6.08 Å². The molecule has 3 rings (SSSR count). The predicted molar refractivity (Wildman–Crippen MR) is 85.6 cm³/mol. The summed E-state index contributed by atoms with van der Waals surface area (Å²) < 4.78 is 28.9. The number of morpholine rings is 1. The highest BCUT2D eigenvalue weighted by Gasteiger charge is 2.26. The molecule has 134 valence electrons. The molecule has 1 saturated heterocycles. The van der Waals surface area contributed by atoms with Crippen LogP contribution in [0.25, 0.3) is 0 Å². The molecule has 7 nitrogen and oxygen atoms in total. The van der Waals surface area contributed by atoms with Crippen LogP contribution in [0.1, 0.15) is 37.3 Å². The second-order valence-corrected chi connectivity index (χ2v) is 6.11. The van der Waals surface area contributed by atoms with Crippen LogP contribution in [-0.2, 0) is 9.53 Å². The van der Waals surface area contributed by atoms with Gasteiger partial charge in [0.15, 0.2) is 12.4 Å². The van der Waals surface area contributed by atoms with Crippen LogP contribution in [0.5, 0.6) is 6.08 Å². The third-order valence-corrected chi connectivity index (χ3v) is 3.92. The summed E-state index contributed by atoms with van der Waals surface area (Å²) in [6.07, 6.45) is -0.297. The summed E-state index contributed by atoms with van der Waals surface area (Å²) in [4.78, 5) is 18.1. The van der Waals surface area contributed by atoms with Crippen molar-refractivity contribution >= 4 is 5.91 Å². The van der Waals surface area contributed by atoms with Gasteiger partial charge in [-0.25, -0.2) is 4.39 Å². The topological polar surface area (TPSA) is 77.7 Å². The molecule has 2 heterocycles. The van der Waals surface area contributed by atoms with Gasteiger partial charge in [-0.3, -0.25) is 9.32 Å². The van der Waals surface area contributed by atoms with Gasteiger partial charge in [-0.15, -0.1) is 0 Å². The van der Waals surface area contributed by atoms with Gasteiger partial charge in [0, 0.05) is 12.5 Å². The van der Waals surface area contributed by atoms with Gasteiger partial charge in [0.05, 0.1) is 13.2 Å². The minimum atomic E-state index is -0.304. The third kappa shape index (κ3) is 4.33. The summed E-state index contributed by atoms with van der Waals surface area (Å²) in [6, 6.07) is 6.08. The number of nitrogens with zero attached hydrogens (tertiary/aromatic N) is 3. The van der Waals surface area contributed by atoms with Gasteiger partial charge in [0.1, 0.15) is 11.9 Å². The van der Waals surface area contributed by atoms with E-state index in [-0.39, 0.29) is 36.4 Å². The first kappa shape index (κ1) is 17.3. The Bertz CT molecular complexity index is 717. The lowest BCUT2D eigenvalue weighted by Crippen LogP contribution is -2.44. The molecule has 0 radical (unpaired) electrons. The SMILES string of the molecule is CC(C)c1noc(OCC(=O)N2CCO[C@@H](c3ccc(F)cc3)C2)n1. The number of hydrogen-bond acceptors (Lipinski definition) is 6. The fourth-order valence-electron chi connectivity index (χ4n) is 2.48. The summed E-state index contributed by atoms with van der Waals surface area (Å²) in [6.45, 7) is 4.95. The smallest absolute Gasteiger partial charge is 0.417 e. The molecule has 1 atom stereocenters. The van der Waals surface area contributed by atoms with Crippen molar-refractivity contribution in [2.24, 2.45) is 0 Å². The Balaban J connectivity index is 1.55. The summed E-state index contributed by atoms with van der Waals surface area (Å²) in [5, 5.41) is 3.78. The fourth-order valence-corrected chi connectivity index (χ4v) is 2.48. The van der Waals surface area contributed by atoms with Gasteiger partial charge in [0.2, 0.25) is 0 Å². The maximum atomic E-state index is 13.0. The van der Waals surface area contributed by atoms with Crippen LogP contribution in [0.3, 0.4) is 0 Å². The molecule has 0 spiro atoms. The van der Waals surface area contributed by atoms with Gasteiger partial charge in [0.25, 0.3) is 5.91 Å². The maximum Gasteiger partial charge on any atom is 0.417 e. The van der Waals surface area contributed by atoms with Crippen LogP contribution in [0, 0.1) is 5.82 Å². The number of hydrogen-bond donors (Lipinski definition) is 0. The molecule has 0 aliphatic carbocycles. The van der Waals surface area contributed by atoms with Crippen molar-refractivity contribution in [3.63, 3.8) is 0 Å². The molecule has 1 aromatic carbocycles. The maximum absolute atomic E-state index is 13.0. The lowest BCUT2D eigenvalue weighted by molar-refractivity contribution is -0.141. The van der Waals surface area contributed by atoms with E-state index in [1.54, 1.807) is 17.0 Å². The average molecular weight is 349 g/mol. The van der Waals surface area contributed by atoms with E-state index in [0.29, 0.717) is 25.5 Å². The van der Waals surface area contributed by atoms with E-state index >= 15 is 0 Å². The molecular weight excluding hydrogens is 329 g/mol. The Labute approximate surface area is 144 Å². The fraction of sp³-hybridized carbons (Fsp3) is 0.471. The Morgan fingerprint density at radius 1 is 1.40 bits per heavy atom. The Morgan fingerprint density at radius 3 is 2.84 bits per heavy atom. The second-order valence-electron chi connectivity index (χ2n) is 6.11. The average Bonchev–Trinajstić information content (AvgIpc) is 3.10. The van der Waals surface area contributed by atoms with Crippen molar-refractivity contribution in [2.45, 2.75) is 25.9 Å². The molecule has 0 bridgehead atoms. The largest absolute Gasteiger partial charge is 0.439 e. The number of carbonyl (C=O) groups excluding carboxylic acids is 1. The highest BCUT2D eigenvalue weighted by Crippen LogP contribution is 2.22. The highest BCUT2D eigenvalue weighted by atomic mass is 19.1. The van der Waals surface area contributed by atoms with Gasteiger partial charge in [-0.1, -0.05) is 31.1 Å². The molecule has 1 aromatic heterocycles. The number of halogens is 1. The monoisotopic (exact) mass is 349 g/mol. The summed E-state index contributed by atoms with van der Waals surface area (Å²) in [5.74, 6) is 0.152. The summed E-state index contributed by atoms with van der Waals surface area (Å²) in [7, 11) is 0. The van der Waals surface area contributed by atoms with Crippen LogP contribution in [0.4, 0.5) is 4.39 Å². The zero-order valence-corrected chi connectivity index (χ0v) is 14.1. The minimum Gasteiger partial charge on any atom is -0.439 e. The molecule has 0 saturated carbocycles. The second kappa shape index (κ2) is 7.60. The Kier molecular flexibility index (Phi) is 5.28. The van der Waals surface area contributed by atoms with E-state index in [1.807, 2.05) is 13.8 Å². The molecule has 2 aromatic rings. The summed E-state index contributed by atoms with van der Waals surface area (Å²) >= 11 is 0. The van der Waals surface area contributed by atoms with Crippen LogP contribution in [0.2, 0.25) is 0 Å². The van der Waals surface area contributed by atoms with Gasteiger partial charge in [-0.2, -0.15) is 4.98 Å². The van der Waals surface area contributed by atoms with E-state index in [0.717, 1.165) is 5.56 Å². The zero-order chi connectivity index (χ0) is 17.8. The molecule has 0 unspecified atom stereocenters. The summed E-state index contributed by atoms with van der Waals surface area (Å²) in [5.41, 5.74) is 0.832. The standard InChI is InChI=1S/C17H20FN3O4/c1-11(2)16-19-17(25-20-16)24-10-15(22)21-7-8-23-14(9-21)12-3-5-13(18)6-4-12/h3-6,11,14H,7-10H2,1-2H3/t14-/m1/s1. The normalized spacial score (nSPS) is 17.8. The number of aromatic nitrogens is 2. The quantitative estimate of drug-likeness (QED) is 0.824. The van der Waals surface area contributed by atoms with Gasteiger partial charge in [-0.05, 0) is 17.7 Å². The number of carbonyl (C=O) groups is 1. The molecule has 1 amide bonds. The first-order valence-corrected chi connectivity index (χ1v) is 8.14. The predicted octanol–water partition coefficient (Wildman–Crippen LogP) is 2.31. The van der Waals surface area contributed by atoms with Crippen LogP contribution >= 0.6 is 0 Å². The van der Waals surface area contributed by atoms with E-state index in [2.05, 4.69) is 10.1 Å². The van der Waals surface area contributed by atoms with Crippen molar-refractivity contribution in [1.29, 1.82) is 0 Å². The first-order chi connectivity index (χ1) is 12.0. The van der Waals surface area contributed by atoms with Crippen LogP contribution in [-0.4, -0.2) is 47.3 Å². The van der Waals surface area contributed by atoms with Crippen LogP contribution in [0.15, 0.2) is 28.8 Å². The lowest BCUT2D eigenvalue weighted by Gasteiger charge is -2.33. The van der Waals surface area contributed by atoms with Crippen LogP contribution < -0.4 is 4.74 Å². The van der Waals surface area contributed by atoms with Crippen molar-refractivity contribution in [1.82, 2.24) is 15.0 Å². The highest BCUT2D eigenvalue weighted by molar-refractivity contribution is 5.77. The zero-order valence-electron chi connectivity index (χ0n) is 14.1. The van der Waals surface area contributed by atoms with Gasteiger partial charge < -0.3 is 14.4 Å². The van der Waals surface area contributed by atoms with Crippen molar-refractivity contribution in [3.05, 3.63) is 41.5 Å². The van der Waals surface area contributed by atoms with E-state index in [1.165, 1.54) is 12.1 Å². The molecule has 25 heavy (non-hydrogen) atoms. The van der Waals surface area contributed by atoms with Crippen molar-refractivity contribution in [2.75, 3.05) is 26.3 Å². The third-order valence-electron chi connectivity index (χ3n) is 3.92. The number of rotatable bonds is 5. The molecule has 0 N–H and O–H groups in total. The van der Waals surface area contributed by atoms with E-state index < -0.39 is 0 Å². The molecule has 1 fully saturated rings. The van der Waals surface area contributed by atoms with E-state index in [4.69, 9.17) is 14.0 Å². The first-order valence-electron chi connectivity index (χ1n) is 8.14. The number of ether oxygens (including phenoxy) is 2. The molecule has 8 heteroatoms. The molecular formula is C17H20FN3O4. The molecule has 1 aliphatic rings. The lowest BCUT2D eigenvalue weighted by atomic mass is 10.1. The number of benzene rings is 1. The number of amides is 1. The Morgan fingerprint density at radius 2 is 2.16 bits per heavy atom. The van der Waals surface area contributed by atoms with Crippen molar-refractivity contribution < 1.29 is 23.2 Å². The molecule has 1 aliphatic heterocycles. The van der Waals surface area contributed by atoms with E-state index in [9.17, 15) is 9.18 Å². The van der Waals surface area contributed by atoms with Crippen molar-refractivity contribution in [3.8, 4) is 6.08 Å². The Hall–Kier alpha value is -2.48. The minimum absolute atomic E-state index is 0.0135.